The summed E-state index contributed by atoms with van der Waals surface area (Å²) in [5.41, 5.74) is 10.7. The molecule has 36 heavy (non-hydrogen) atoms. The fourth-order valence-electron chi connectivity index (χ4n) is 4.48. The van der Waals surface area contributed by atoms with E-state index >= 15 is 0 Å². The van der Waals surface area contributed by atoms with E-state index in [4.69, 9.17) is 28.9 Å². The van der Waals surface area contributed by atoms with Gasteiger partial charge >= 0.3 is 0 Å². The number of nitrogens with zero attached hydrogens (tertiary/aromatic N) is 2. The number of hydrogen-bond donors (Lipinski definition) is 2. The monoisotopic (exact) mass is 588 g/mol. The van der Waals surface area contributed by atoms with Gasteiger partial charge in [0.2, 0.25) is 5.91 Å². The van der Waals surface area contributed by atoms with Crippen LogP contribution in [0.25, 0.3) is 0 Å². The van der Waals surface area contributed by atoms with Crippen LogP contribution in [-0.4, -0.2) is 47.9 Å². The maximum absolute atomic E-state index is 13.7. The molecule has 4 rings (SSSR count). The molecule has 3 aromatic rings. The van der Waals surface area contributed by atoms with Crippen LogP contribution >= 0.6 is 39.1 Å². The predicted octanol–water partition coefficient (Wildman–Crippen LogP) is 5.97. The fourth-order valence-corrected chi connectivity index (χ4v) is 5.21. The molecule has 1 amide bonds. The molecule has 190 valence electrons. The van der Waals surface area contributed by atoms with Crippen molar-refractivity contribution in [3.63, 3.8) is 0 Å². The van der Waals surface area contributed by atoms with Gasteiger partial charge in [-0.05, 0) is 59.9 Å². The lowest BCUT2D eigenvalue weighted by atomic mass is 10.0. The van der Waals surface area contributed by atoms with Gasteiger partial charge in [0.05, 0.1) is 16.1 Å². The summed E-state index contributed by atoms with van der Waals surface area (Å²) in [5.74, 6) is -0.0779. The molecule has 1 atom stereocenters. The van der Waals surface area contributed by atoms with Gasteiger partial charge in [0.25, 0.3) is 0 Å². The largest absolute Gasteiger partial charge is 0.385 e. The Bertz CT molecular complexity index is 1180. The summed E-state index contributed by atoms with van der Waals surface area (Å²) >= 11 is 15.8. The lowest BCUT2D eigenvalue weighted by Gasteiger charge is -2.30. The molecule has 1 heterocycles. The van der Waals surface area contributed by atoms with E-state index in [1.807, 2.05) is 23.1 Å². The van der Waals surface area contributed by atoms with Crippen molar-refractivity contribution < 1.29 is 4.79 Å². The SMILES string of the molecule is N[C@H](Cc1ccc(Cl)c(Cl)c1)C(=O)N1CCN(Cc2ccccc2)CCCNc2ccc(Br)cc2C1. The number of hydrogen-bond acceptors (Lipinski definition) is 4. The molecule has 0 saturated carbocycles. The minimum Gasteiger partial charge on any atom is -0.385 e. The van der Waals surface area contributed by atoms with Crippen molar-refractivity contribution in [3.05, 3.63) is 97.9 Å². The average molecular weight is 590 g/mol. The van der Waals surface area contributed by atoms with Crippen LogP contribution in [0, 0.1) is 0 Å². The number of amides is 1. The summed E-state index contributed by atoms with van der Waals surface area (Å²) in [5, 5.41) is 4.52. The Morgan fingerprint density at radius 1 is 0.972 bits per heavy atom. The highest BCUT2D eigenvalue weighted by atomic mass is 79.9. The van der Waals surface area contributed by atoms with Crippen molar-refractivity contribution in [1.82, 2.24) is 9.80 Å². The summed E-state index contributed by atoms with van der Waals surface area (Å²) in [6.07, 6.45) is 1.40. The van der Waals surface area contributed by atoms with E-state index in [0.29, 0.717) is 29.6 Å². The first-order chi connectivity index (χ1) is 17.4. The quantitative estimate of drug-likeness (QED) is 0.385. The molecule has 0 aliphatic carbocycles. The minimum absolute atomic E-state index is 0.0779. The summed E-state index contributed by atoms with van der Waals surface area (Å²) in [6, 6.07) is 21.3. The number of benzene rings is 3. The molecule has 5 nitrogen and oxygen atoms in total. The number of carbonyl (C=O) groups is 1. The number of anilines is 1. The molecule has 0 fully saturated rings. The van der Waals surface area contributed by atoms with Crippen LogP contribution in [0.2, 0.25) is 10.0 Å². The van der Waals surface area contributed by atoms with Crippen molar-refractivity contribution in [1.29, 1.82) is 0 Å². The van der Waals surface area contributed by atoms with E-state index in [9.17, 15) is 4.79 Å². The molecule has 0 radical (unpaired) electrons. The number of nitrogens with two attached hydrogens (primary N) is 1. The second-order valence-electron chi connectivity index (χ2n) is 9.16. The van der Waals surface area contributed by atoms with Gasteiger partial charge in [0.1, 0.15) is 0 Å². The maximum atomic E-state index is 13.7. The van der Waals surface area contributed by atoms with Crippen LogP contribution in [0.1, 0.15) is 23.1 Å². The first-order valence-electron chi connectivity index (χ1n) is 12.2. The number of halogens is 3. The van der Waals surface area contributed by atoms with Gasteiger partial charge in [-0.2, -0.15) is 0 Å². The Morgan fingerprint density at radius 3 is 2.56 bits per heavy atom. The van der Waals surface area contributed by atoms with Crippen LogP contribution in [0.4, 0.5) is 5.69 Å². The van der Waals surface area contributed by atoms with E-state index < -0.39 is 6.04 Å². The third-order valence-corrected chi connectivity index (χ3v) is 7.63. The zero-order valence-electron chi connectivity index (χ0n) is 20.1. The number of nitrogens with one attached hydrogen (secondary N) is 1. The van der Waals surface area contributed by atoms with Gasteiger partial charge in [-0.15, -0.1) is 0 Å². The molecule has 0 unspecified atom stereocenters. The molecule has 1 aliphatic heterocycles. The lowest BCUT2D eigenvalue weighted by Crippen LogP contribution is -2.47. The number of fused-ring (bicyclic) bond motifs is 1. The molecular formula is C28H31BrCl2N4O. The Hall–Kier alpha value is -2.09. The van der Waals surface area contributed by atoms with Crippen LogP contribution in [0.15, 0.2) is 71.2 Å². The molecule has 3 N–H and O–H groups in total. The van der Waals surface area contributed by atoms with Crippen molar-refractivity contribution in [2.24, 2.45) is 5.73 Å². The summed E-state index contributed by atoms with van der Waals surface area (Å²) in [7, 11) is 0. The molecule has 1 aliphatic rings. The lowest BCUT2D eigenvalue weighted by molar-refractivity contribution is -0.133. The van der Waals surface area contributed by atoms with Gasteiger partial charge in [0.15, 0.2) is 0 Å². The van der Waals surface area contributed by atoms with Crippen LogP contribution in [0.3, 0.4) is 0 Å². The van der Waals surface area contributed by atoms with E-state index in [1.54, 1.807) is 12.1 Å². The molecule has 3 aromatic carbocycles. The topological polar surface area (TPSA) is 61.6 Å². The van der Waals surface area contributed by atoms with Gasteiger partial charge < -0.3 is 16.0 Å². The normalized spacial score (nSPS) is 15.9. The summed E-state index contributed by atoms with van der Waals surface area (Å²) in [6.45, 7) is 4.48. The highest BCUT2D eigenvalue weighted by Crippen LogP contribution is 2.25. The van der Waals surface area contributed by atoms with Crippen molar-refractivity contribution in [2.45, 2.75) is 32.0 Å². The molecule has 0 bridgehead atoms. The second kappa shape index (κ2) is 12.9. The van der Waals surface area contributed by atoms with Gasteiger partial charge in [-0.25, -0.2) is 0 Å². The van der Waals surface area contributed by atoms with Gasteiger partial charge in [-0.3, -0.25) is 9.69 Å². The Labute approximate surface area is 231 Å². The zero-order chi connectivity index (χ0) is 25.5. The van der Waals surface area contributed by atoms with E-state index in [-0.39, 0.29) is 5.91 Å². The van der Waals surface area contributed by atoms with Crippen molar-refractivity contribution >= 4 is 50.7 Å². The fraction of sp³-hybridized carbons (Fsp3) is 0.321. The van der Waals surface area contributed by atoms with E-state index in [1.165, 1.54) is 5.56 Å². The van der Waals surface area contributed by atoms with Crippen LogP contribution in [0.5, 0.6) is 0 Å². The Balaban J connectivity index is 1.55. The van der Waals surface area contributed by atoms with E-state index in [0.717, 1.165) is 53.9 Å². The standard InChI is InChI=1S/C28H31BrCl2N4O/c29-23-8-10-27-22(17-23)19-35(28(36)26(32)16-21-7-9-24(30)25(31)15-21)14-13-34(12-4-11-33-27)18-20-5-2-1-3-6-20/h1-3,5-10,15,17,26,33H,4,11-14,16,18-19,32H2/t26-/m1/s1. The summed E-state index contributed by atoms with van der Waals surface area (Å²) in [4.78, 5) is 18.0. The molecule has 0 spiro atoms. The molecule has 8 heteroatoms. The van der Waals surface area contributed by atoms with Crippen LogP contribution in [-0.2, 0) is 24.3 Å². The third kappa shape index (κ3) is 7.46. The Kier molecular flexibility index (Phi) is 9.68. The highest BCUT2D eigenvalue weighted by Gasteiger charge is 2.24. The van der Waals surface area contributed by atoms with Crippen LogP contribution < -0.4 is 11.1 Å². The zero-order valence-corrected chi connectivity index (χ0v) is 23.2. The van der Waals surface area contributed by atoms with Gasteiger partial charge in [0, 0.05) is 49.4 Å². The molecule has 0 aromatic heterocycles. The first-order valence-corrected chi connectivity index (χ1v) is 13.7. The smallest absolute Gasteiger partial charge is 0.240 e. The second-order valence-corrected chi connectivity index (χ2v) is 10.9. The molecule has 0 saturated heterocycles. The first kappa shape index (κ1) is 27.0. The average Bonchev–Trinajstić information content (AvgIpc) is 2.90. The van der Waals surface area contributed by atoms with E-state index in [2.05, 4.69) is 62.5 Å². The Morgan fingerprint density at radius 2 is 1.78 bits per heavy atom. The maximum Gasteiger partial charge on any atom is 0.240 e. The summed E-state index contributed by atoms with van der Waals surface area (Å²) < 4.78 is 0.983. The minimum atomic E-state index is -0.682. The number of rotatable bonds is 5. The molecular weight excluding hydrogens is 559 g/mol. The highest BCUT2D eigenvalue weighted by molar-refractivity contribution is 9.10. The van der Waals surface area contributed by atoms with Crippen molar-refractivity contribution in [3.8, 4) is 0 Å². The van der Waals surface area contributed by atoms with Crippen molar-refractivity contribution in [2.75, 3.05) is 31.5 Å². The predicted molar refractivity (Wildman–Crippen MR) is 153 cm³/mol. The van der Waals surface area contributed by atoms with Gasteiger partial charge in [-0.1, -0.05) is 75.5 Å². The third-order valence-electron chi connectivity index (χ3n) is 6.40. The number of carbonyl (C=O) groups excluding carboxylic acids is 1.